The van der Waals surface area contributed by atoms with Crippen LogP contribution in [0.3, 0.4) is 0 Å². The maximum Gasteiger partial charge on any atom is 1.00 e. The van der Waals surface area contributed by atoms with Crippen molar-refractivity contribution in [3.63, 3.8) is 0 Å². The van der Waals surface area contributed by atoms with Gasteiger partial charge in [-0.2, -0.15) is 0 Å². The number of hydrogen-bond acceptors (Lipinski definition) is 0. The van der Waals surface area contributed by atoms with Gasteiger partial charge in [0, 0.05) is 0 Å². The van der Waals surface area contributed by atoms with Crippen LogP contribution in [0.1, 0.15) is 0 Å². The molecule has 0 heterocycles. The SMILES string of the molecule is F[B-](F)(F)F.F[B-](F)(F)F.F[B-](F)(F)F.[CH2-]Br.[K+]. The summed E-state index contributed by atoms with van der Waals surface area (Å²) >= 11 is 2.69. The molecule has 0 saturated carbocycles. The molecule has 0 spiro atoms. The van der Waals surface area contributed by atoms with E-state index in [1.54, 1.807) is 0 Å². The zero-order valence-electron chi connectivity index (χ0n) is 8.35. The van der Waals surface area contributed by atoms with Crippen molar-refractivity contribution in [2.75, 3.05) is 0 Å². The molecule has 0 rings (SSSR count). The molecule has 0 bridgehead atoms. The molecule has 0 fully saturated rings. The molecule has 0 aliphatic rings. The molecule has 18 heavy (non-hydrogen) atoms. The van der Waals surface area contributed by atoms with E-state index in [1.165, 1.54) is 0 Å². The van der Waals surface area contributed by atoms with Crippen LogP contribution in [0.15, 0.2) is 0 Å². The Morgan fingerprint density at radius 1 is 0.444 bits per heavy atom. The van der Waals surface area contributed by atoms with Crippen molar-refractivity contribution in [2.24, 2.45) is 0 Å². The van der Waals surface area contributed by atoms with Crippen molar-refractivity contribution in [3.05, 3.63) is 5.83 Å². The minimum Gasteiger partial charge on any atom is -0.418 e. The van der Waals surface area contributed by atoms with Gasteiger partial charge in [-0.15, -0.1) is 0 Å². The van der Waals surface area contributed by atoms with Gasteiger partial charge in [0.05, 0.1) is 0 Å². The van der Waals surface area contributed by atoms with Crippen molar-refractivity contribution in [3.8, 4) is 0 Å². The molecule has 0 atom stereocenters. The number of rotatable bonds is 0. The van der Waals surface area contributed by atoms with E-state index in [0.29, 0.717) is 0 Å². The van der Waals surface area contributed by atoms with E-state index >= 15 is 0 Å². The van der Waals surface area contributed by atoms with Gasteiger partial charge in [-0.25, -0.2) is 0 Å². The number of hydrogen-bond donors (Lipinski definition) is 0. The van der Waals surface area contributed by atoms with Crippen LogP contribution in [0.2, 0.25) is 0 Å². The summed E-state index contributed by atoms with van der Waals surface area (Å²) in [6.07, 6.45) is 0. The molecule has 110 valence electrons. The summed E-state index contributed by atoms with van der Waals surface area (Å²) in [6, 6.07) is 0. The summed E-state index contributed by atoms with van der Waals surface area (Å²) in [5.41, 5.74) is 0. The van der Waals surface area contributed by atoms with E-state index in [-0.39, 0.29) is 51.4 Å². The van der Waals surface area contributed by atoms with Crippen LogP contribution in [-0.4, -0.2) is 21.8 Å². The summed E-state index contributed by atoms with van der Waals surface area (Å²) in [5.74, 6) is 3.06. The fourth-order valence-corrected chi connectivity index (χ4v) is 0. The van der Waals surface area contributed by atoms with Gasteiger partial charge in [0.15, 0.2) is 0 Å². The van der Waals surface area contributed by atoms with Crippen LogP contribution >= 0.6 is 15.9 Å². The zero-order chi connectivity index (χ0) is 15.5. The summed E-state index contributed by atoms with van der Waals surface area (Å²) in [6.45, 7) is 0. The van der Waals surface area contributed by atoms with Crippen molar-refractivity contribution in [1.29, 1.82) is 0 Å². The summed E-state index contributed by atoms with van der Waals surface area (Å²) in [7, 11) is -18.0. The summed E-state index contributed by atoms with van der Waals surface area (Å²) < 4.78 is 117. The second-order valence-electron chi connectivity index (χ2n) is 1.48. The Labute approximate surface area is 145 Å². The Hall–Kier alpha value is 1.47. The van der Waals surface area contributed by atoms with Crippen molar-refractivity contribution < 1.29 is 103 Å². The van der Waals surface area contributed by atoms with Gasteiger partial charge in [-0.05, 0) is 0 Å². The summed E-state index contributed by atoms with van der Waals surface area (Å²) in [4.78, 5) is 0. The van der Waals surface area contributed by atoms with E-state index in [9.17, 15) is 51.8 Å². The van der Waals surface area contributed by atoms with Gasteiger partial charge in [0.2, 0.25) is 0 Å². The second kappa shape index (κ2) is 14.9. The number of halogens is 13. The molecule has 17 heteroatoms. The molecule has 0 aliphatic carbocycles. The minimum atomic E-state index is -6.00. The summed E-state index contributed by atoms with van der Waals surface area (Å²) in [5, 5.41) is 0. The first-order valence-corrected chi connectivity index (χ1v) is 4.01. The maximum absolute atomic E-state index is 9.75. The van der Waals surface area contributed by atoms with E-state index in [0.717, 1.165) is 0 Å². The molecule has 0 aliphatic heterocycles. The van der Waals surface area contributed by atoms with E-state index in [1.807, 2.05) is 0 Å². The van der Waals surface area contributed by atoms with E-state index in [2.05, 4.69) is 21.8 Å². The van der Waals surface area contributed by atoms with Crippen molar-refractivity contribution >= 4 is 37.7 Å². The van der Waals surface area contributed by atoms with Crippen LogP contribution in [0.25, 0.3) is 0 Å². The molecule has 0 saturated heterocycles. The Morgan fingerprint density at radius 3 is 0.444 bits per heavy atom. The van der Waals surface area contributed by atoms with Crippen LogP contribution in [0, 0.1) is 5.83 Å². The van der Waals surface area contributed by atoms with Crippen LogP contribution in [0.4, 0.5) is 51.8 Å². The van der Waals surface area contributed by atoms with Crippen LogP contribution < -0.4 is 51.4 Å². The molecule has 0 N–H and O–H groups in total. The predicted molar refractivity (Wildman–Crippen MR) is 44.8 cm³/mol. The van der Waals surface area contributed by atoms with Gasteiger partial charge in [-0.3, -0.25) is 5.83 Å². The molecule has 0 radical (unpaired) electrons. The quantitative estimate of drug-likeness (QED) is 0.336. The van der Waals surface area contributed by atoms with Gasteiger partial charge in [-0.1, -0.05) is 0 Å². The molecule has 0 amide bonds. The third kappa shape index (κ3) is 2190. The Bertz CT molecular complexity index is 102. The van der Waals surface area contributed by atoms with E-state index in [4.69, 9.17) is 0 Å². The Balaban J connectivity index is -0.0000000427. The van der Waals surface area contributed by atoms with Gasteiger partial charge >= 0.3 is 73.1 Å². The maximum atomic E-state index is 9.75. The first-order chi connectivity index (χ1) is 7.00. The molecule has 0 nitrogen and oxygen atoms in total. The van der Waals surface area contributed by atoms with Crippen molar-refractivity contribution in [1.82, 2.24) is 0 Å². The van der Waals surface area contributed by atoms with Gasteiger partial charge < -0.3 is 67.7 Å². The first kappa shape index (κ1) is 31.7. The average Bonchev–Trinajstić information content (AvgIpc) is 1.77. The normalized spacial score (nSPS) is 10.3. The Kier molecular flexibility index (Phi) is 26.2. The van der Waals surface area contributed by atoms with Gasteiger partial charge in [0.25, 0.3) is 0 Å². The third-order valence-electron chi connectivity index (χ3n) is 0. The smallest absolute Gasteiger partial charge is 0.418 e. The predicted octanol–water partition coefficient (Wildman–Crippen LogP) is 2.08. The Morgan fingerprint density at radius 2 is 0.444 bits per heavy atom. The van der Waals surface area contributed by atoms with E-state index < -0.39 is 21.8 Å². The average molecular weight is 393 g/mol. The van der Waals surface area contributed by atoms with Crippen LogP contribution in [0.5, 0.6) is 0 Å². The first-order valence-electron chi connectivity index (χ1n) is 2.89. The van der Waals surface area contributed by atoms with Crippen molar-refractivity contribution in [2.45, 2.75) is 0 Å². The molecule has 0 aromatic heterocycles. The molecular weight excluding hydrogens is 391 g/mol. The zero-order valence-corrected chi connectivity index (χ0v) is 13.1. The topological polar surface area (TPSA) is 0 Å². The van der Waals surface area contributed by atoms with Gasteiger partial charge in [0.1, 0.15) is 0 Å². The molecule has 0 aromatic carbocycles. The molecular formula is CH2B3BrF12K-3. The fraction of sp³-hybridized carbons (Fsp3) is 0. The standard InChI is InChI=1S/CH2Br.3BF4.K/c1-2;3*2-1(3,4)5;/h1H2;;;;/q4*-1;+1. The molecule has 0 aromatic rings. The second-order valence-corrected chi connectivity index (χ2v) is 1.48. The minimum absolute atomic E-state index is 0. The largest absolute Gasteiger partial charge is 1.00 e. The fourth-order valence-electron chi connectivity index (χ4n) is 0. The molecule has 0 unspecified atom stereocenters. The third-order valence-corrected chi connectivity index (χ3v) is 0. The van der Waals surface area contributed by atoms with Crippen LogP contribution in [-0.2, 0) is 0 Å². The monoisotopic (exact) mass is 393 g/mol.